The highest BCUT2D eigenvalue weighted by atomic mass is 32.1. The van der Waals surface area contributed by atoms with Crippen molar-refractivity contribution in [3.05, 3.63) is 32.8 Å². The standard InChI is InChI=1S/C14H15NO2S2/c1-17-6-5-15-14(16)12-8-9-2-3-11-10(4-7-18-11)13(9)19-12/h4,7-8H,2-3,5-6H2,1H3,(H,15,16). The fourth-order valence-electron chi connectivity index (χ4n) is 2.29. The summed E-state index contributed by atoms with van der Waals surface area (Å²) in [4.78, 5) is 15.6. The highest BCUT2D eigenvalue weighted by Crippen LogP contribution is 2.41. The van der Waals surface area contributed by atoms with E-state index >= 15 is 0 Å². The second-order valence-electron chi connectivity index (χ2n) is 4.47. The smallest absolute Gasteiger partial charge is 0.261 e. The van der Waals surface area contributed by atoms with E-state index in [1.165, 1.54) is 20.9 Å². The van der Waals surface area contributed by atoms with E-state index in [0.717, 1.165) is 17.7 Å². The van der Waals surface area contributed by atoms with E-state index in [4.69, 9.17) is 4.74 Å². The summed E-state index contributed by atoms with van der Waals surface area (Å²) in [5.74, 6) is 0.00762. The van der Waals surface area contributed by atoms with Gasteiger partial charge < -0.3 is 10.1 Å². The van der Waals surface area contributed by atoms with E-state index in [1.807, 2.05) is 17.4 Å². The number of aryl methyl sites for hydroxylation is 2. The number of carbonyl (C=O) groups is 1. The number of amides is 1. The van der Waals surface area contributed by atoms with Gasteiger partial charge in [-0.05, 0) is 35.9 Å². The molecule has 0 aromatic carbocycles. The third kappa shape index (κ3) is 2.45. The van der Waals surface area contributed by atoms with Gasteiger partial charge in [0.15, 0.2) is 0 Å². The lowest BCUT2D eigenvalue weighted by Gasteiger charge is -2.10. The summed E-state index contributed by atoms with van der Waals surface area (Å²) in [6.07, 6.45) is 2.15. The van der Waals surface area contributed by atoms with Gasteiger partial charge in [-0.3, -0.25) is 4.79 Å². The van der Waals surface area contributed by atoms with Crippen LogP contribution >= 0.6 is 22.7 Å². The van der Waals surface area contributed by atoms with Crippen molar-refractivity contribution in [2.75, 3.05) is 20.3 Å². The molecule has 1 N–H and O–H groups in total. The van der Waals surface area contributed by atoms with E-state index in [0.29, 0.717) is 13.2 Å². The Morgan fingerprint density at radius 2 is 2.37 bits per heavy atom. The molecular weight excluding hydrogens is 278 g/mol. The van der Waals surface area contributed by atoms with Crippen molar-refractivity contribution in [3.8, 4) is 10.4 Å². The van der Waals surface area contributed by atoms with Crippen LogP contribution in [-0.2, 0) is 17.6 Å². The minimum absolute atomic E-state index is 0.00762. The summed E-state index contributed by atoms with van der Waals surface area (Å²) < 4.78 is 4.94. The lowest BCUT2D eigenvalue weighted by molar-refractivity contribution is 0.0941. The maximum atomic E-state index is 12.0. The van der Waals surface area contributed by atoms with Gasteiger partial charge in [-0.15, -0.1) is 22.7 Å². The molecule has 5 heteroatoms. The van der Waals surface area contributed by atoms with Gasteiger partial charge in [0, 0.05) is 29.0 Å². The molecule has 0 spiro atoms. The molecule has 0 saturated heterocycles. The Morgan fingerprint density at radius 1 is 1.47 bits per heavy atom. The van der Waals surface area contributed by atoms with Crippen molar-refractivity contribution in [2.24, 2.45) is 0 Å². The Balaban J connectivity index is 1.82. The molecule has 0 saturated carbocycles. The van der Waals surface area contributed by atoms with Crippen molar-refractivity contribution in [2.45, 2.75) is 12.8 Å². The highest BCUT2D eigenvalue weighted by molar-refractivity contribution is 7.18. The van der Waals surface area contributed by atoms with Crippen LogP contribution in [0.5, 0.6) is 0 Å². The van der Waals surface area contributed by atoms with Gasteiger partial charge in [-0.2, -0.15) is 0 Å². The van der Waals surface area contributed by atoms with Gasteiger partial charge in [0.25, 0.3) is 5.91 Å². The Labute approximate surface area is 120 Å². The molecule has 2 heterocycles. The summed E-state index contributed by atoms with van der Waals surface area (Å²) in [7, 11) is 1.63. The Kier molecular flexibility index (Phi) is 3.68. The summed E-state index contributed by atoms with van der Waals surface area (Å²) in [5.41, 5.74) is 2.64. The van der Waals surface area contributed by atoms with Crippen LogP contribution in [0.15, 0.2) is 17.5 Å². The molecule has 0 aliphatic heterocycles. The molecule has 1 aliphatic carbocycles. The largest absolute Gasteiger partial charge is 0.383 e. The van der Waals surface area contributed by atoms with E-state index in [9.17, 15) is 4.79 Å². The molecule has 0 radical (unpaired) electrons. The molecule has 3 nitrogen and oxygen atoms in total. The van der Waals surface area contributed by atoms with E-state index in [2.05, 4.69) is 16.8 Å². The summed E-state index contributed by atoms with van der Waals surface area (Å²) in [5, 5.41) is 5.01. The predicted octanol–water partition coefficient (Wildman–Crippen LogP) is 2.95. The second-order valence-corrected chi connectivity index (χ2v) is 6.52. The minimum atomic E-state index is 0.00762. The van der Waals surface area contributed by atoms with Crippen LogP contribution in [0.3, 0.4) is 0 Å². The van der Waals surface area contributed by atoms with E-state index in [-0.39, 0.29) is 5.91 Å². The first kappa shape index (κ1) is 12.8. The normalized spacial score (nSPS) is 12.9. The average molecular weight is 293 g/mol. The van der Waals surface area contributed by atoms with Crippen molar-refractivity contribution in [3.63, 3.8) is 0 Å². The Hall–Kier alpha value is -1.17. The van der Waals surface area contributed by atoms with Crippen LogP contribution < -0.4 is 5.32 Å². The average Bonchev–Trinajstić information content (AvgIpc) is 3.04. The molecule has 2 aromatic rings. The van der Waals surface area contributed by atoms with Crippen LogP contribution in [0.2, 0.25) is 0 Å². The first-order valence-electron chi connectivity index (χ1n) is 6.26. The molecule has 0 atom stereocenters. The third-order valence-corrected chi connectivity index (χ3v) is 5.43. The maximum Gasteiger partial charge on any atom is 0.261 e. The Morgan fingerprint density at radius 3 is 3.21 bits per heavy atom. The molecule has 1 amide bonds. The zero-order valence-corrected chi connectivity index (χ0v) is 12.3. The van der Waals surface area contributed by atoms with E-state index in [1.54, 1.807) is 18.4 Å². The molecule has 2 aromatic heterocycles. The number of thiophene rings is 2. The molecule has 1 aliphatic rings. The molecule has 0 fully saturated rings. The number of methoxy groups -OCH3 is 1. The van der Waals surface area contributed by atoms with Gasteiger partial charge in [0.05, 0.1) is 11.5 Å². The fraction of sp³-hybridized carbons (Fsp3) is 0.357. The van der Waals surface area contributed by atoms with E-state index < -0.39 is 0 Å². The minimum Gasteiger partial charge on any atom is -0.383 e. The molecule has 3 rings (SSSR count). The van der Waals surface area contributed by atoms with Gasteiger partial charge in [0.1, 0.15) is 0 Å². The quantitative estimate of drug-likeness (QED) is 0.880. The topological polar surface area (TPSA) is 38.3 Å². The van der Waals surface area contributed by atoms with Gasteiger partial charge >= 0.3 is 0 Å². The third-order valence-electron chi connectivity index (χ3n) is 3.24. The summed E-state index contributed by atoms with van der Waals surface area (Å²) >= 11 is 3.42. The van der Waals surface area contributed by atoms with Crippen molar-refractivity contribution >= 4 is 28.6 Å². The lowest BCUT2D eigenvalue weighted by Crippen LogP contribution is -2.26. The zero-order valence-electron chi connectivity index (χ0n) is 10.7. The number of nitrogens with one attached hydrogen (secondary N) is 1. The predicted molar refractivity (Wildman–Crippen MR) is 79.2 cm³/mol. The van der Waals surface area contributed by atoms with Gasteiger partial charge in [-0.25, -0.2) is 0 Å². The van der Waals surface area contributed by atoms with Crippen LogP contribution in [0.1, 0.15) is 20.1 Å². The lowest BCUT2D eigenvalue weighted by atomic mass is 9.98. The monoisotopic (exact) mass is 293 g/mol. The van der Waals surface area contributed by atoms with Gasteiger partial charge in [0.2, 0.25) is 0 Å². The van der Waals surface area contributed by atoms with Crippen LogP contribution in [0.25, 0.3) is 10.4 Å². The Bertz CT molecular complexity index is 600. The first-order valence-corrected chi connectivity index (χ1v) is 7.96. The summed E-state index contributed by atoms with van der Waals surface area (Å²) in [6.45, 7) is 1.10. The first-order chi connectivity index (χ1) is 9.29. The molecular formula is C14H15NO2S2. The van der Waals surface area contributed by atoms with Crippen molar-refractivity contribution in [1.29, 1.82) is 0 Å². The van der Waals surface area contributed by atoms with Crippen molar-refractivity contribution in [1.82, 2.24) is 5.32 Å². The molecule has 0 bridgehead atoms. The van der Waals surface area contributed by atoms with Crippen LogP contribution in [0, 0.1) is 0 Å². The summed E-state index contributed by atoms with van der Waals surface area (Å²) in [6, 6.07) is 4.21. The second kappa shape index (κ2) is 5.45. The van der Waals surface area contributed by atoms with Crippen molar-refractivity contribution < 1.29 is 9.53 Å². The number of hydrogen-bond donors (Lipinski definition) is 1. The SMILES string of the molecule is COCCNC(=O)c1cc2c(s1)-c1ccsc1CC2. The molecule has 19 heavy (non-hydrogen) atoms. The molecule has 0 unspecified atom stereocenters. The van der Waals surface area contributed by atoms with Gasteiger partial charge in [-0.1, -0.05) is 0 Å². The molecule has 100 valence electrons. The number of rotatable bonds is 4. The number of ether oxygens (including phenoxy) is 1. The maximum absolute atomic E-state index is 12.0. The fourth-order valence-corrected chi connectivity index (χ4v) is 4.42. The number of hydrogen-bond acceptors (Lipinski definition) is 4. The number of carbonyl (C=O) groups excluding carboxylic acids is 1. The zero-order chi connectivity index (χ0) is 13.2. The number of fused-ring (bicyclic) bond motifs is 3. The highest BCUT2D eigenvalue weighted by Gasteiger charge is 2.22. The van der Waals surface area contributed by atoms with Crippen LogP contribution in [0.4, 0.5) is 0 Å². The van der Waals surface area contributed by atoms with Crippen LogP contribution in [-0.4, -0.2) is 26.2 Å².